The normalized spacial score (nSPS) is 22.0. The first kappa shape index (κ1) is 49.4. The van der Waals surface area contributed by atoms with E-state index < -0.39 is 49.5 Å². The van der Waals surface area contributed by atoms with Crippen molar-refractivity contribution < 1.29 is 39.8 Å². The van der Waals surface area contributed by atoms with Gasteiger partial charge in [0, 0.05) is 6.42 Å². The van der Waals surface area contributed by atoms with E-state index in [0.29, 0.717) is 12.8 Å². The minimum atomic E-state index is -1.55. The predicted octanol–water partition coefficient (Wildman–Crippen LogP) is 8.50. The van der Waals surface area contributed by atoms with Gasteiger partial charge in [-0.1, -0.05) is 159 Å². The van der Waals surface area contributed by atoms with Crippen LogP contribution >= 0.6 is 0 Å². The lowest BCUT2D eigenvalue weighted by atomic mass is 9.99. The number of hydrogen-bond donors (Lipinski definition) is 6. The summed E-state index contributed by atoms with van der Waals surface area (Å²) in [6, 6.07) is -0.723. The number of ether oxygens (including phenoxy) is 2. The summed E-state index contributed by atoms with van der Waals surface area (Å²) in [5.41, 5.74) is 0. The number of aliphatic hydroxyl groups is 5. The van der Waals surface area contributed by atoms with Gasteiger partial charge in [0.1, 0.15) is 24.4 Å². The van der Waals surface area contributed by atoms with Crippen LogP contribution in [0.25, 0.3) is 0 Å². The van der Waals surface area contributed by atoms with Crippen LogP contribution in [0.5, 0.6) is 0 Å². The number of nitrogens with one attached hydrogen (secondary N) is 1. The number of allylic oxidation sites excluding steroid dienone is 6. The second kappa shape index (κ2) is 34.9. The fourth-order valence-electron chi connectivity index (χ4n) is 6.70. The molecule has 7 atom stereocenters. The molecule has 0 aliphatic carbocycles. The number of hydrogen-bond acceptors (Lipinski definition) is 8. The predicted molar refractivity (Wildman–Crippen MR) is 216 cm³/mol. The molecule has 1 fully saturated rings. The molecule has 310 valence electrons. The molecule has 1 heterocycles. The molecule has 0 spiro atoms. The van der Waals surface area contributed by atoms with Crippen molar-refractivity contribution in [3.63, 3.8) is 0 Å². The maximum absolute atomic E-state index is 12.9. The molecular formula is C44H81NO8. The Morgan fingerprint density at radius 1 is 0.642 bits per heavy atom. The van der Waals surface area contributed by atoms with Crippen molar-refractivity contribution in [3.05, 3.63) is 36.5 Å². The number of carbonyl (C=O) groups is 1. The number of rotatable bonds is 35. The summed E-state index contributed by atoms with van der Waals surface area (Å²) in [7, 11) is 0. The largest absolute Gasteiger partial charge is 0.394 e. The molecule has 1 aliphatic rings. The first-order valence-electron chi connectivity index (χ1n) is 21.7. The summed E-state index contributed by atoms with van der Waals surface area (Å²) >= 11 is 0. The smallest absolute Gasteiger partial charge is 0.220 e. The molecule has 1 rings (SSSR count). The average molecular weight is 752 g/mol. The molecule has 0 aromatic rings. The molecule has 1 amide bonds. The molecule has 0 bridgehead atoms. The quantitative estimate of drug-likeness (QED) is 0.0279. The van der Waals surface area contributed by atoms with Crippen molar-refractivity contribution in [1.29, 1.82) is 0 Å². The van der Waals surface area contributed by atoms with Gasteiger partial charge in [-0.2, -0.15) is 0 Å². The Morgan fingerprint density at radius 3 is 1.68 bits per heavy atom. The first-order valence-corrected chi connectivity index (χ1v) is 21.7. The Bertz CT molecular complexity index is 925. The van der Waals surface area contributed by atoms with Crippen molar-refractivity contribution in [1.82, 2.24) is 5.32 Å². The summed E-state index contributed by atoms with van der Waals surface area (Å²) in [4.78, 5) is 12.9. The van der Waals surface area contributed by atoms with Gasteiger partial charge in [-0.3, -0.25) is 4.79 Å². The third-order valence-corrected chi connectivity index (χ3v) is 10.2. The van der Waals surface area contributed by atoms with Gasteiger partial charge in [-0.05, 0) is 51.4 Å². The highest BCUT2D eigenvalue weighted by Gasteiger charge is 2.44. The topological polar surface area (TPSA) is 149 Å². The fourth-order valence-corrected chi connectivity index (χ4v) is 6.70. The Labute approximate surface area is 323 Å². The van der Waals surface area contributed by atoms with Gasteiger partial charge >= 0.3 is 0 Å². The summed E-state index contributed by atoms with van der Waals surface area (Å²) in [5, 5.41) is 54.2. The monoisotopic (exact) mass is 752 g/mol. The third kappa shape index (κ3) is 26.0. The summed E-state index contributed by atoms with van der Waals surface area (Å²) in [5.74, 6) is -0.160. The molecule has 9 heteroatoms. The van der Waals surface area contributed by atoms with Crippen molar-refractivity contribution in [3.8, 4) is 0 Å². The van der Waals surface area contributed by atoms with Crippen LogP contribution in [0.15, 0.2) is 36.5 Å². The molecule has 9 nitrogen and oxygen atoms in total. The Hall–Kier alpha value is -1.59. The zero-order valence-corrected chi connectivity index (χ0v) is 33.8. The molecule has 1 aliphatic heterocycles. The van der Waals surface area contributed by atoms with E-state index in [1.54, 1.807) is 0 Å². The highest BCUT2D eigenvalue weighted by Crippen LogP contribution is 2.23. The third-order valence-electron chi connectivity index (χ3n) is 10.2. The number of amides is 1. The van der Waals surface area contributed by atoms with Crippen LogP contribution in [0.1, 0.15) is 181 Å². The van der Waals surface area contributed by atoms with E-state index in [0.717, 1.165) is 64.2 Å². The molecular weight excluding hydrogens is 670 g/mol. The van der Waals surface area contributed by atoms with Crippen LogP contribution in [-0.4, -0.2) is 87.5 Å². The molecule has 53 heavy (non-hydrogen) atoms. The van der Waals surface area contributed by atoms with E-state index >= 15 is 0 Å². The van der Waals surface area contributed by atoms with E-state index in [2.05, 4.69) is 55.6 Å². The highest BCUT2D eigenvalue weighted by atomic mass is 16.7. The molecule has 0 radical (unpaired) electrons. The van der Waals surface area contributed by atoms with Crippen LogP contribution in [-0.2, 0) is 14.3 Å². The molecule has 0 aromatic carbocycles. The van der Waals surface area contributed by atoms with Crippen LogP contribution in [0.2, 0.25) is 0 Å². The first-order chi connectivity index (χ1) is 25.8. The Balaban J connectivity index is 2.35. The van der Waals surface area contributed by atoms with E-state index in [9.17, 15) is 30.3 Å². The zero-order valence-electron chi connectivity index (χ0n) is 33.8. The van der Waals surface area contributed by atoms with Crippen molar-refractivity contribution >= 4 is 5.91 Å². The second-order valence-corrected chi connectivity index (χ2v) is 15.1. The van der Waals surface area contributed by atoms with Crippen molar-refractivity contribution in [2.75, 3.05) is 13.2 Å². The standard InChI is InChI=1S/C44H81NO8/c1-3-5-7-9-11-13-15-16-17-18-19-20-21-22-24-26-28-30-32-34-40(48)45-37(36-52-44-43(51)42(50)41(49)39(35-46)53-44)38(47)33-31-29-27-25-23-14-12-10-8-6-4-2/h11,13,16-17,19-20,37-39,41-44,46-47,49-51H,3-10,12,14-15,18,21-36H2,1-2H3,(H,45,48)/b13-11-,17-16-,20-19-. The maximum atomic E-state index is 12.9. The Morgan fingerprint density at radius 2 is 1.11 bits per heavy atom. The van der Waals surface area contributed by atoms with Crippen LogP contribution in [0.4, 0.5) is 0 Å². The van der Waals surface area contributed by atoms with E-state index in [1.165, 1.54) is 89.9 Å². The molecule has 0 saturated carbocycles. The highest BCUT2D eigenvalue weighted by molar-refractivity contribution is 5.76. The summed E-state index contributed by atoms with van der Waals surface area (Å²) in [6.07, 6.45) is 34.3. The van der Waals surface area contributed by atoms with E-state index in [1.807, 2.05) is 0 Å². The molecule has 0 aromatic heterocycles. The lowest BCUT2D eigenvalue weighted by Crippen LogP contribution is -2.60. The van der Waals surface area contributed by atoms with Crippen LogP contribution in [0, 0.1) is 0 Å². The number of unbranched alkanes of at least 4 members (excludes halogenated alkanes) is 19. The zero-order chi connectivity index (χ0) is 38.8. The van der Waals surface area contributed by atoms with Gasteiger partial charge in [0.05, 0.1) is 25.4 Å². The Kier molecular flexibility index (Phi) is 32.5. The van der Waals surface area contributed by atoms with E-state index in [-0.39, 0.29) is 12.5 Å². The molecule has 7 unspecified atom stereocenters. The van der Waals surface area contributed by atoms with Gasteiger partial charge in [0.15, 0.2) is 6.29 Å². The van der Waals surface area contributed by atoms with Gasteiger partial charge < -0.3 is 40.3 Å². The number of carbonyl (C=O) groups excluding carboxylic acids is 1. The second-order valence-electron chi connectivity index (χ2n) is 15.1. The van der Waals surface area contributed by atoms with E-state index in [4.69, 9.17) is 9.47 Å². The molecule has 1 saturated heterocycles. The summed E-state index contributed by atoms with van der Waals surface area (Å²) < 4.78 is 11.2. The van der Waals surface area contributed by atoms with Gasteiger partial charge in [0.2, 0.25) is 5.91 Å². The lowest BCUT2D eigenvalue weighted by Gasteiger charge is -2.40. The van der Waals surface area contributed by atoms with Crippen LogP contribution < -0.4 is 5.32 Å². The lowest BCUT2D eigenvalue weighted by molar-refractivity contribution is -0.302. The maximum Gasteiger partial charge on any atom is 0.220 e. The average Bonchev–Trinajstić information content (AvgIpc) is 3.16. The minimum absolute atomic E-state index is 0.144. The number of aliphatic hydroxyl groups excluding tert-OH is 5. The van der Waals surface area contributed by atoms with Crippen LogP contribution in [0.3, 0.4) is 0 Å². The van der Waals surface area contributed by atoms with Gasteiger partial charge in [0.25, 0.3) is 0 Å². The minimum Gasteiger partial charge on any atom is -0.394 e. The van der Waals surface area contributed by atoms with Crippen molar-refractivity contribution in [2.24, 2.45) is 0 Å². The van der Waals surface area contributed by atoms with Crippen molar-refractivity contribution in [2.45, 2.75) is 224 Å². The van der Waals surface area contributed by atoms with Gasteiger partial charge in [-0.25, -0.2) is 0 Å². The molecule has 6 N–H and O–H groups in total. The summed E-state index contributed by atoms with van der Waals surface area (Å²) in [6.45, 7) is 3.77. The van der Waals surface area contributed by atoms with Gasteiger partial charge in [-0.15, -0.1) is 0 Å². The fraction of sp³-hybridized carbons (Fsp3) is 0.841. The SMILES string of the molecule is CCCCC/C=C\C/C=C\C/C=C\CCCCCCCCC(=O)NC(COC1OC(CO)C(O)C(O)C1O)C(O)CCCCCCCCCCCCC.